The number of nitrogens with one attached hydrogen (secondary N) is 1. The van der Waals surface area contributed by atoms with Gasteiger partial charge in [-0.25, -0.2) is 9.48 Å². The fourth-order valence-electron chi connectivity index (χ4n) is 3.13. The molecule has 1 amide bonds. The van der Waals surface area contributed by atoms with Crippen LogP contribution in [0, 0.1) is 0 Å². The Labute approximate surface area is 167 Å². The number of aromatic nitrogens is 3. The van der Waals surface area contributed by atoms with Gasteiger partial charge < -0.3 is 10.1 Å². The largest absolute Gasteiger partial charge is 0.449 e. The minimum Gasteiger partial charge on any atom is -0.449 e. The van der Waals surface area contributed by atoms with Gasteiger partial charge in [-0.05, 0) is 55.0 Å². The maximum atomic E-state index is 12.5. The van der Waals surface area contributed by atoms with Crippen molar-refractivity contribution in [3.05, 3.63) is 66.2 Å². The highest BCUT2D eigenvalue weighted by Crippen LogP contribution is 2.19. The summed E-state index contributed by atoms with van der Waals surface area (Å²) in [6.07, 6.45) is -0.948. The van der Waals surface area contributed by atoms with Crippen LogP contribution in [-0.4, -0.2) is 33.0 Å². The van der Waals surface area contributed by atoms with Crippen molar-refractivity contribution in [1.29, 1.82) is 0 Å². The number of benzene rings is 3. The highest BCUT2D eigenvalue weighted by Gasteiger charge is 2.20. The van der Waals surface area contributed by atoms with Crippen LogP contribution in [0.5, 0.6) is 0 Å². The average Bonchev–Trinajstić information content (AvgIpc) is 3.15. The molecule has 0 aliphatic rings. The molecule has 4 rings (SSSR count). The summed E-state index contributed by atoms with van der Waals surface area (Å²) in [6, 6.07) is 18.5. The standard InChI is InChI=1S/C22H20N4O3/c1-3-26-20-11-9-17(13-19(20)24-25-26)22(28)29-14(2)21(27)23-18-10-8-15-6-4-5-7-16(15)12-18/h4-14H,3H2,1-2H3,(H,23,27)/t14-/m1/s1. The first-order valence-electron chi connectivity index (χ1n) is 9.39. The fraction of sp³-hybridized carbons (Fsp3) is 0.182. The Morgan fingerprint density at radius 1 is 1.07 bits per heavy atom. The van der Waals surface area contributed by atoms with E-state index in [2.05, 4.69) is 15.6 Å². The number of anilines is 1. The van der Waals surface area contributed by atoms with Crippen LogP contribution in [0.15, 0.2) is 60.7 Å². The number of nitrogens with zero attached hydrogens (tertiary/aromatic N) is 3. The van der Waals surface area contributed by atoms with Gasteiger partial charge in [-0.2, -0.15) is 0 Å². The zero-order valence-electron chi connectivity index (χ0n) is 16.1. The molecule has 1 atom stereocenters. The number of carbonyl (C=O) groups is 2. The van der Waals surface area contributed by atoms with Gasteiger partial charge in [0.15, 0.2) is 6.10 Å². The number of carbonyl (C=O) groups excluding carboxylic acids is 2. The second-order valence-electron chi connectivity index (χ2n) is 6.71. The SMILES string of the molecule is CCn1nnc2cc(C(=O)O[C@H](C)C(=O)Nc3ccc4ccccc4c3)ccc21. The number of fused-ring (bicyclic) bond motifs is 2. The molecule has 1 heterocycles. The van der Waals surface area contributed by atoms with E-state index in [4.69, 9.17) is 4.74 Å². The molecule has 146 valence electrons. The number of rotatable bonds is 5. The lowest BCUT2D eigenvalue weighted by Gasteiger charge is -2.14. The normalized spacial score (nSPS) is 12.1. The molecule has 29 heavy (non-hydrogen) atoms. The number of ether oxygens (including phenoxy) is 1. The first-order valence-corrected chi connectivity index (χ1v) is 9.39. The van der Waals surface area contributed by atoms with Crippen molar-refractivity contribution in [3.8, 4) is 0 Å². The Morgan fingerprint density at radius 2 is 1.86 bits per heavy atom. The molecule has 0 unspecified atom stereocenters. The monoisotopic (exact) mass is 388 g/mol. The zero-order chi connectivity index (χ0) is 20.4. The van der Waals surface area contributed by atoms with Crippen LogP contribution in [-0.2, 0) is 16.1 Å². The van der Waals surface area contributed by atoms with E-state index in [9.17, 15) is 9.59 Å². The van der Waals surface area contributed by atoms with Crippen LogP contribution in [0.2, 0.25) is 0 Å². The number of aryl methyl sites for hydroxylation is 1. The molecule has 3 aromatic carbocycles. The molecular weight excluding hydrogens is 368 g/mol. The van der Waals surface area contributed by atoms with Gasteiger partial charge in [0.2, 0.25) is 0 Å². The van der Waals surface area contributed by atoms with Crippen molar-refractivity contribution < 1.29 is 14.3 Å². The molecule has 0 bridgehead atoms. The van der Waals surface area contributed by atoms with E-state index in [0.29, 0.717) is 23.3 Å². The van der Waals surface area contributed by atoms with Crippen molar-refractivity contribution in [2.24, 2.45) is 0 Å². The van der Waals surface area contributed by atoms with Crippen LogP contribution in [0.1, 0.15) is 24.2 Å². The van der Waals surface area contributed by atoms with E-state index in [0.717, 1.165) is 16.3 Å². The summed E-state index contributed by atoms with van der Waals surface area (Å²) in [7, 11) is 0. The minimum atomic E-state index is -0.948. The molecule has 0 aliphatic heterocycles. The molecule has 0 spiro atoms. The van der Waals surface area contributed by atoms with Crippen molar-refractivity contribution in [2.75, 3.05) is 5.32 Å². The molecule has 0 saturated heterocycles. The van der Waals surface area contributed by atoms with Gasteiger partial charge in [0.1, 0.15) is 5.52 Å². The molecule has 4 aromatic rings. The van der Waals surface area contributed by atoms with E-state index in [1.807, 2.05) is 49.4 Å². The molecular formula is C22H20N4O3. The van der Waals surface area contributed by atoms with Gasteiger partial charge in [-0.1, -0.05) is 35.5 Å². The quantitative estimate of drug-likeness (QED) is 0.526. The summed E-state index contributed by atoms with van der Waals surface area (Å²) in [5.41, 5.74) is 2.42. The fourth-order valence-corrected chi connectivity index (χ4v) is 3.13. The predicted molar refractivity (Wildman–Crippen MR) is 111 cm³/mol. The van der Waals surface area contributed by atoms with Crippen molar-refractivity contribution in [3.63, 3.8) is 0 Å². The van der Waals surface area contributed by atoms with E-state index in [1.54, 1.807) is 29.8 Å². The highest BCUT2D eigenvalue weighted by molar-refractivity contribution is 5.99. The third-order valence-corrected chi connectivity index (χ3v) is 4.72. The molecule has 0 aliphatic carbocycles. The molecule has 7 nitrogen and oxygen atoms in total. The molecule has 1 N–H and O–H groups in total. The van der Waals surface area contributed by atoms with Gasteiger partial charge in [0.25, 0.3) is 5.91 Å². The van der Waals surface area contributed by atoms with Crippen LogP contribution in [0.4, 0.5) is 5.69 Å². The third kappa shape index (κ3) is 3.80. The Hall–Kier alpha value is -3.74. The Kier molecular flexibility index (Phi) is 4.95. The maximum absolute atomic E-state index is 12.5. The summed E-state index contributed by atoms with van der Waals surface area (Å²) in [4.78, 5) is 24.9. The van der Waals surface area contributed by atoms with Crippen LogP contribution < -0.4 is 5.32 Å². The van der Waals surface area contributed by atoms with Gasteiger partial charge in [-0.15, -0.1) is 5.10 Å². The number of amides is 1. The molecule has 7 heteroatoms. The van der Waals surface area contributed by atoms with Gasteiger partial charge >= 0.3 is 5.97 Å². The van der Waals surface area contributed by atoms with Gasteiger partial charge in [0, 0.05) is 12.2 Å². The predicted octanol–water partition coefficient (Wildman–Crippen LogP) is 3.79. The number of hydrogen-bond donors (Lipinski definition) is 1. The lowest BCUT2D eigenvalue weighted by atomic mass is 10.1. The third-order valence-electron chi connectivity index (χ3n) is 4.72. The average molecular weight is 388 g/mol. The Balaban J connectivity index is 1.44. The first kappa shape index (κ1) is 18.6. The lowest BCUT2D eigenvalue weighted by Crippen LogP contribution is -2.30. The van der Waals surface area contributed by atoms with Crippen LogP contribution in [0.3, 0.4) is 0 Å². The molecule has 0 saturated carbocycles. The summed E-state index contributed by atoms with van der Waals surface area (Å²) in [5.74, 6) is -0.981. The summed E-state index contributed by atoms with van der Waals surface area (Å²) in [5, 5.41) is 13.0. The van der Waals surface area contributed by atoms with Crippen LogP contribution in [0.25, 0.3) is 21.8 Å². The molecule has 0 radical (unpaired) electrons. The number of esters is 1. The van der Waals surface area contributed by atoms with Crippen molar-refractivity contribution >= 4 is 39.4 Å². The van der Waals surface area contributed by atoms with E-state index in [-0.39, 0.29) is 0 Å². The summed E-state index contributed by atoms with van der Waals surface area (Å²) < 4.78 is 7.07. The Bertz CT molecular complexity index is 1220. The second-order valence-corrected chi connectivity index (χ2v) is 6.71. The topological polar surface area (TPSA) is 86.1 Å². The smallest absolute Gasteiger partial charge is 0.338 e. The molecule has 0 fully saturated rings. The second kappa shape index (κ2) is 7.71. The van der Waals surface area contributed by atoms with Gasteiger partial charge in [0.05, 0.1) is 11.1 Å². The Morgan fingerprint density at radius 3 is 2.66 bits per heavy atom. The van der Waals surface area contributed by atoms with Gasteiger partial charge in [-0.3, -0.25) is 4.79 Å². The van der Waals surface area contributed by atoms with Crippen LogP contribution >= 0.6 is 0 Å². The zero-order valence-corrected chi connectivity index (χ0v) is 16.1. The van der Waals surface area contributed by atoms with Crippen molar-refractivity contribution in [2.45, 2.75) is 26.5 Å². The number of hydrogen-bond acceptors (Lipinski definition) is 5. The van der Waals surface area contributed by atoms with Crippen molar-refractivity contribution in [1.82, 2.24) is 15.0 Å². The molecule has 1 aromatic heterocycles. The summed E-state index contributed by atoms with van der Waals surface area (Å²) >= 11 is 0. The highest BCUT2D eigenvalue weighted by atomic mass is 16.5. The lowest BCUT2D eigenvalue weighted by molar-refractivity contribution is -0.123. The minimum absolute atomic E-state index is 0.325. The van der Waals surface area contributed by atoms with E-state index >= 15 is 0 Å². The van der Waals surface area contributed by atoms with E-state index < -0.39 is 18.0 Å². The maximum Gasteiger partial charge on any atom is 0.338 e. The summed E-state index contributed by atoms with van der Waals surface area (Å²) in [6.45, 7) is 4.19. The first-order chi connectivity index (χ1) is 14.0. The van der Waals surface area contributed by atoms with E-state index in [1.165, 1.54) is 0 Å².